The van der Waals surface area contributed by atoms with Gasteiger partial charge in [-0.05, 0) is 18.4 Å². The van der Waals surface area contributed by atoms with Gasteiger partial charge in [-0.3, -0.25) is 9.89 Å². The Morgan fingerprint density at radius 2 is 2.21 bits per heavy atom. The van der Waals surface area contributed by atoms with E-state index in [9.17, 15) is 4.79 Å². The van der Waals surface area contributed by atoms with Crippen molar-refractivity contribution in [3.8, 4) is 10.6 Å². The molecule has 2 heterocycles. The lowest BCUT2D eigenvalue weighted by Crippen LogP contribution is -2.39. The molecule has 24 heavy (non-hydrogen) atoms. The average molecular weight is 338 g/mol. The topological polar surface area (TPSA) is 70.7 Å². The van der Waals surface area contributed by atoms with E-state index in [1.807, 2.05) is 41.9 Å². The number of carbonyl (C=O) groups excluding carboxylic acids is 1. The van der Waals surface area contributed by atoms with Gasteiger partial charge in [-0.15, -0.1) is 11.3 Å². The Labute approximate surface area is 144 Å². The van der Waals surface area contributed by atoms with Crippen molar-refractivity contribution in [1.29, 1.82) is 0 Å². The molecule has 1 aliphatic rings. The molecule has 0 spiro atoms. The Bertz CT molecular complexity index is 840. The summed E-state index contributed by atoms with van der Waals surface area (Å²) in [5.74, 6) is 0.0351. The number of nitrogens with zero attached hydrogens (tertiary/aromatic N) is 2. The second-order valence-electron chi connectivity index (χ2n) is 6.07. The van der Waals surface area contributed by atoms with E-state index in [4.69, 9.17) is 0 Å². The highest BCUT2D eigenvalue weighted by Crippen LogP contribution is 2.23. The molecule has 1 aromatic carbocycles. The number of aromatic amines is 1. The number of fused-ring (bicyclic) bond motifs is 1. The van der Waals surface area contributed by atoms with Crippen LogP contribution in [0.4, 0.5) is 0 Å². The minimum Gasteiger partial charge on any atom is -0.353 e. The molecule has 0 saturated carbocycles. The molecule has 0 fully saturated rings. The van der Waals surface area contributed by atoms with Crippen LogP contribution in [0.1, 0.15) is 23.4 Å². The third-order valence-corrected chi connectivity index (χ3v) is 5.24. The zero-order chi connectivity index (χ0) is 16.4. The first-order valence-electron chi connectivity index (χ1n) is 8.08. The first-order chi connectivity index (χ1) is 11.8. The number of carbonyl (C=O) groups is 1. The number of hydrogen-bond acceptors (Lipinski definition) is 4. The van der Waals surface area contributed by atoms with E-state index in [0.717, 1.165) is 41.2 Å². The van der Waals surface area contributed by atoms with Crippen molar-refractivity contribution in [2.45, 2.75) is 31.7 Å². The van der Waals surface area contributed by atoms with Gasteiger partial charge in [-0.2, -0.15) is 5.10 Å². The molecule has 5 nitrogen and oxygen atoms in total. The van der Waals surface area contributed by atoms with E-state index in [-0.39, 0.29) is 11.9 Å². The van der Waals surface area contributed by atoms with Gasteiger partial charge in [-0.25, -0.2) is 4.98 Å². The van der Waals surface area contributed by atoms with E-state index in [1.54, 1.807) is 11.3 Å². The first kappa shape index (κ1) is 15.1. The van der Waals surface area contributed by atoms with Crippen LogP contribution in [0.2, 0.25) is 0 Å². The number of thiazole rings is 1. The lowest BCUT2D eigenvalue weighted by Gasteiger charge is -2.22. The Morgan fingerprint density at radius 3 is 3.08 bits per heavy atom. The summed E-state index contributed by atoms with van der Waals surface area (Å²) in [5, 5.41) is 13.1. The molecule has 1 atom stereocenters. The molecular formula is C18H18N4OS. The van der Waals surface area contributed by atoms with Crippen LogP contribution in [0, 0.1) is 0 Å². The molecule has 0 bridgehead atoms. The number of aryl methyl sites for hydroxylation is 1. The van der Waals surface area contributed by atoms with Crippen LogP contribution in [0.25, 0.3) is 10.6 Å². The van der Waals surface area contributed by atoms with Crippen molar-refractivity contribution in [2.75, 3.05) is 0 Å². The smallest absolute Gasteiger partial charge is 0.226 e. The lowest BCUT2D eigenvalue weighted by atomic mass is 9.93. The van der Waals surface area contributed by atoms with Gasteiger partial charge in [0.25, 0.3) is 0 Å². The number of amides is 1. The van der Waals surface area contributed by atoms with Crippen LogP contribution in [0.5, 0.6) is 0 Å². The summed E-state index contributed by atoms with van der Waals surface area (Å²) in [5.41, 5.74) is 4.33. The molecular weight excluding hydrogens is 320 g/mol. The maximum atomic E-state index is 12.3. The molecule has 1 unspecified atom stereocenters. The standard InChI is InChI=1S/C18H18N4OS/c23-17(20-14-7-6-13-10-19-22-16(13)8-14)9-15-11-24-18(21-15)12-4-2-1-3-5-12/h1-5,10-11,14H,6-9H2,(H,19,22)(H,20,23). The van der Waals surface area contributed by atoms with Crippen molar-refractivity contribution in [3.63, 3.8) is 0 Å². The molecule has 0 aliphatic heterocycles. The van der Waals surface area contributed by atoms with Crippen LogP contribution in [0.3, 0.4) is 0 Å². The second kappa shape index (κ2) is 6.57. The van der Waals surface area contributed by atoms with E-state index < -0.39 is 0 Å². The van der Waals surface area contributed by atoms with E-state index in [2.05, 4.69) is 20.5 Å². The zero-order valence-electron chi connectivity index (χ0n) is 13.2. The van der Waals surface area contributed by atoms with Crippen LogP contribution >= 0.6 is 11.3 Å². The van der Waals surface area contributed by atoms with Gasteiger partial charge in [0, 0.05) is 29.1 Å². The lowest BCUT2D eigenvalue weighted by molar-refractivity contribution is -0.121. The van der Waals surface area contributed by atoms with E-state index in [0.29, 0.717) is 6.42 Å². The highest BCUT2D eigenvalue weighted by Gasteiger charge is 2.21. The summed E-state index contributed by atoms with van der Waals surface area (Å²) in [6, 6.07) is 10.2. The van der Waals surface area contributed by atoms with Gasteiger partial charge < -0.3 is 5.32 Å². The Kier molecular flexibility index (Phi) is 4.13. The molecule has 6 heteroatoms. The SMILES string of the molecule is O=C(Cc1csc(-c2ccccc2)n1)NC1CCc2cn[nH]c2C1. The molecule has 0 saturated heterocycles. The molecule has 4 rings (SSSR count). The quantitative estimate of drug-likeness (QED) is 0.768. The Hall–Kier alpha value is -2.47. The van der Waals surface area contributed by atoms with Crippen molar-refractivity contribution >= 4 is 17.2 Å². The summed E-state index contributed by atoms with van der Waals surface area (Å²) in [7, 11) is 0. The molecule has 122 valence electrons. The number of benzene rings is 1. The largest absolute Gasteiger partial charge is 0.353 e. The molecule has 2 N–H and O–H groups in total. The third kappa shape index (κ3) is 3.23. The van der Waals surface area contributed by atoms with E-state index >= 15 is 0 Å². The van der Waals surface area contributed by atoms with Crippen LogP contribution in [-0.4, -0.2) is 27.1 Å². The van der Waals surface area contributed by atoms with Gasteiger partial charge in [0.1, 0.15) is 5.01 Å². The van der Waals surface area contributed by atoms with Gasteiger partial charge in [0.15, 0.2) is 0 Å². The summed E-state index contributed by atoms with van der Waals surface area (Å²) in [6.07, 6.45) is 4.97. The molecule has 0 radical (unpaired) electrons. The fourth-order valence-corrected chi connectivity index (χ4v) is 3.90. The normalized spacial score (nSPS) is 16.6. The van der Waals surface area contributed by atoms with Crippen molar-refractivity contribution in [1.82, 2.24) is 20.5 Å². The molecule has 1 aliphatic carbocycles. The summed E-state index contributed by atoms with van der Waals surface area (Å²) in [4.78, 5) is 16.9. The summed E-state index contributed by atoms with van der Waals surface area (Å²) >= 11 is 1.58. The zero-order valence-corrected chi connectivity index (χ0v) is 14.0. The monoisotopic (exact) mass is 338 g/mol. The van der Waals surface area contributed by atoms with E-state index in [1.165, 1.54) is 5.56 Å². The van der Waals surface area contributed by atoms with Gasteiger partial charge >= 0.3 is 0 Å². The van der Waals surface area contributed by atoms with Gasteiger partial charge in [-0.1, -0.05) is 30.3 Å². The number of nitrogens with one attached hydrogen (secondary N) is 2. The minimum absolute atomic E-state index is 0.0351. The van der Waals surface area contributed by atoms with Crippen molar-refractivity contribution < 1.29 is 4.79 Å². The predicted molar refractivity (Wildman–Crippen MR) is 93.8 cm³/mol. The Morgan fingerprint density at radius 1 is 1.33 bits per heavy atom. The predicted octanol–water partition coefficient (Wildman–Crippen LogP) is 2.75. The van der Waals surface area contributed by atoms with Crippen LogP contribution < -0.4 is 5.32 Å². The van der Waals surface area contributed by atoms with Gasteiger partial charge in [0.05, 0.1) is 18.3 Å². The number of aromatic nitrogens is 3. The second-order valence-corrected chi connectivity index (χ2v) is 6.93. The fourth-order valence-electron chi connectivity index (χ4n) is 3.08. The Balaban J connectivity index is 1.36. The number of hydrogen-bond donors (Lipinski definition) is 2. The highest BCUT2D eigenvalue weighted by atomic mass is 32.1. The van der Waals surface area contributed by atoms with Crippen LogP contribution in [0.15, 0.2) is 41.9 Å². The van der Waals surface area contributed by atoms with Crippen molar-refractivity contribution in [2.24, 2.45) is 0 Å². The maximum Gasteiger partial charge on any atom is 0.226 e. The number of H-pyrrole nitrogens is 1. The molecule has 2 aromatic heterocycles. The fraction of sp³-hybridized carbons (Fsp3) is 0.278. The third-order valence-electron chi connectivity index (χ3n) is 4.30. The van der Waals surface area contributed by atoms with Crippen LogP contribution in [-0.2, 0) is 24.1 Å². The molecule has 1 amide bonds. The summed E-state index contributed by atoms with van der Waals surface area (Å²) in [6.45, 7) is 0. The van der Waals surface area contributed by atoms with Crippen molar-refractivity contribution in [3.05, 3.63) is 58.9 Å². The summed E-state index contributed by atoms with van der Waals surface area (Å²) < 4.78 is 0. The molecule has 3 aromatic rings. The average Bonchev–Trinajstić information content (AvgIpc) is 3.24. The maximum absolute atomic E-state index is 12.3. The minimum atomic E-state index is 0.0351. The number of rotatable bonds is 4. The van der Waals surface area contributed by atoms with Gasteiger partial charge in [0.2, 0.25) is 5.91 Å². The first-order valence-corrected chi connectivity index (χ1v) is 8.96. The highest BCUT2D eigenvalue weighted by molar-refractivity contribution is 7.13.